The molecule has 0 atom stereocenters. The van der Waals surface area contributed by atoms with E-state index in [9.17, 15) is 4.79 Å². The first-order chi connectivity index (χ1) is 9.19. The van der Waals surface area contributed by atoms with Gasteiger partial charge >= 0.3 is 0 Å². The number of benzene rings is 1. The molecule has 2 rings (SSSR count). The zero-order chi connectivity index (χ0) is 13.7. The summed E-state index contributed by atoms with van der Waals surface area (Å²) < 4.78 is 5.53. The number of ether oxygens (including phenoxy) is 1. The van der Waals surface area contributed by atoms with E-state index in [0.717, 1.165) is 30.0 Å². The highest BCUT2D eigenvalue weighted by atomic mass is 32.1. The fraction of sp³-hybridized carbons (Fsp3) is 0.286. The Kier molecular flexibility index (Phi) is 4.52. The lowest BCUT2D eigenvalue weighted by Crippen LogP contribution is -2.04. The van der Waals surface area contributed by atoms with Gasteiger partial charge in [0.05, 0.1) is 12.3 Å². The Morgan fingerprint density at radius 3 is 2.74 bits per heavy atom. The Labute approximate surface area is 116 Å². The molecule has 0 spiro atoms. The lowest BCUT2D eigenvalue weighted by molar-refractivity contribution is -0.114. The van der Waals surface area contributed by atoms with Crippen molar-refractivity contribution in [1.29, 1.82) is 0 Å². The lowest BCUT2D eigenvalue weighted by Gasteiger charge is -2.04. The number of aromatic nitrogens is 1. The fourth-order valence-electron chi connectivity index (χ4n) is 1.56. The van der Waals surface area contributed by atoms with E-state index in [0.29, 0.717) is 5.13 Å². The van der Waals surface area contributed by atoms with Crippen molar-refractivity contribution in [3.05, 3.63) is 29.6 Å². The van der Waals surface area contributed by atoms with Crippen molar-refractivity contribution >= 4 is 22.4 Å². The molecule has 0 bridgehead atoms. The maximum absolute atomic E-state index is 10.9. The Hall–Kier alpha value is -1.88. The average molecular weight is 276 g/mol. The smallest absolute Gasteiger partial charge is 0.223 e. The fourth-order valence-corrected chi connectivity index (χ4v) is 2.32. The van der Waals surface area contributed by atoms with E-state index in [1.54, 1.807) is 0 Å². The normalized spacial score (nSPS) is 10.2. The van der Waals surface area contributed by atoms with Crippen LogP contribution < -0.4 is 10.1 Å². The molecule has 0 radical (unpaired) electrons. The highest BCUT2D eigenvalue weighted by Gasteiger charge is 2.05. The first kappa shape index (κ1) is 13.5. The van der Waals surface area contributed by atoms with Crippen molar-refractivity contribution in [3.8, 4) is 17.0 Å². The van der Waals surface area contributed by atoms with Crippen molar-refractivity contribution in [3.63, 3.8) is 0 Å². The molecule has 100 valence electrons. The zero-order valence-electron chi connectivity index (χ0n) is 11.0. The van der Waals surface area contributed by atoms with Gasteiger partial charge in [0.15, 0.2) is 5.13 Å². The van der Waals surface area contributed by atoms with Crippen molar-refractivity contribution in [2.75, 3.05) is 11.9 Å². The monoisotopic (exact) mass is 276 g/mol. The second-order valence-electron chi connectivity index (χ2n) is 4.09. The van der Waals surface area contributed by atoms with Crippen LogP contribution in [0, 0.1) is 0 Å². The molecule has 0 fully saturated rings. The van der Waals surface area contributed by atoms with E-state index < -0.39 is 0 Å². The molecule has 4 nitrogen and oxygen atoms in total. The topological polar surface area (TPSA) is 51.2 Å². The molecular formula is C14H16N2O2S. The predicted molar refractivity (Wildman–Crippen MR) is 77.6 cm³/mol. The van der Waals surface area contributed by atoms with Crippen molar-refractivity contribution < 1.29 is 9.53 Å². The number of thiazole rings is 1. The lowest BCUT2D eigenvalue weighted by atomic mass is 10.2. The highest BCUT2D eigenvalue weighted by molar-refractivity contribution is 7.14. The van der Waals surface area contributed by atoms with Crippen LogP contribution in [0.4, 0.5) is 5.13 Å². The third-order valence-corrected chi connectivity index (χ3v) is 3.17. The summed E-state index contributed by atoms with van der Waals surface area (Å²) in [4.78, 5) is 15.3. The molecule has 1 aromatic carbocycles. The number of rotatable bonds is 5. The summed E-state index contributed by atoms with van der Waals surface area (Å²) in [5.74, 6) is 0.757. The number of nitrogens with zero attached hydrogens (tertiary/aromatic N) is 1. The van der Waals surface area contributed by atoms with Gasteiger partial charge in [-0.25, -0.2) is 4.98 Å². The average Bonchev–Trinajstić information content (AvgIpc) is 2.84. The Balaban J connectivity index is 2.09. The molecule has 0 saturated heterocycles. The summed E-state index contributed by atoms with van der Waals surface area (Å²) in [6.07, 6.45) is 0.994. The van der Waals surface area contributed by atoms with Gasteiger partial charge in [-0.05, 0) is 30.7 Å². The molecule has 19 heavy (non-hydrogen) atoms. The van der Waals surface area contributed by atoms with Gasteiger partial charge in [0.1, 0.15) is 5.75 Å². The van der Waals surface area contributed by atoms with Crippen LogP contribution in [-0.2, 0) is 4.79 Å². The molecule has 1 heterocycles. The maximum Gasteiger partial charge on any atom is 0.223 e. The molecule has 1 N–H and O–H groups in total. The van der Waals surface area contributed by atoms with Gasteiger partial charge in [0, 0.05) is 17.9 Å². The van der Waals surface area contributed by atoms with Crippen molar-refractivity contribution in [1.82, 2.24) is 4.98 Å². The van der Waals surface area contributed by atoms with Crippen molar-refractivity contribution in [2.45, 2.75) is 20.3 Å². The summed E-state index contributed by atoms with van der Waals surface area (Å²) in [5.41, 5.74) is 1.87. The van der Waals surface area contributed by atoms with Crippen LogP contribution in [0.2, 0.25) is 0 Å². The van der Waals surface area contributed by atoms with Crippen LogP contribution in [0.25, 0.3) is 11.3 Å². The Bertz CT molecular complexity index is 549. The summed E-state index contributed by atoms with van der Waals surface area (Å²) in [6, 6.07) is 7.81. The van der Waals surface area contributed by atoms with E-state index in [2.05, 4.69) is 17.2 Å². The summed E-state index contributed by atoms with van der Waals surface area (Å²) in [6.45, 7) is 4.27. The van der Waals surface area contributed by atoms with Gasteiger partial charge in [0.25, 0.3) is 0 Å². The van der Waals surface area contributed by atoms with Crippen LogP contribution in [-0.4, -0.2) is 17.5 Å². The number of anilines is 1. The van der Waals surface area contributed by atoms with E-state index in [-0.39, 0.29) is 5.91 Å². The molecule has 0 unspecified atom stereocenters. The van der Waals surface area contributed by atoms with Crippen LogP contribution in [0.5, 0.6) is 5.75 Å². The number of hydrogen-bond donors (Lipinski definition) is 1. The number of hydrogen-bond acceptors (Lipinski definition) is 4. The summed E-state index contributed by atoms with van der Waals surface area (Å²) >= 11 is 1.42. The van der Waals surface area contributed by atoms with Gasteiger partial charge in [-0.1, -0.05) is 6.92 Å². The number of nitrogens with one attached hydrogen (secondary N) is 1. The Morgan fingerprint density at radius 1 is 1.37 bits per heavy atom. The summed E-state index contributed by atoms with van der Waals surface area (Å²) in [7, 11) is 0. The van der Waals surface area contributed by atoms with Gasteiger partial charge in [-0.3, -0.25) is 4.79 Å². The Morgan fingerprint density at radius 2 is 2.11 bits per heavy atom. The van der Waals surface area contributed by atoms with E-state index in [4.69, 9.17) is 4.74 Å². The van der Waals surface area contributed by atoms with E-state index in [1.807, 2.05) is 29.6 Å². The maximum atomic E-state index is 10.9. The summed E-state index contributed by atoms with van der Waals surface area (Å²) in [5, 5.41) is 5.22. The second-order valence-corrected chi connectivity index (χ2v) is 4.95. The standard InChI is InChI=1S/C14H16N2O2S/c1-3-8-18-12-6-4-11(5-7-12)13-9-19-14(16-13)15-10(2)17/h4-7,9H,3,8H2,1-2H3,(H,15,16,17). The predicted octanol–water partition coefficient (Wildman–Crippen LogP) is 3.56. The van der Waals surface area contributed by atoms with Crippen LogP contribution in [0.3, 0.4) is 0 Å². The van der Waals surface area contributed by atoms with Crippen molar-refractivity contribution in [2.24, 2.45) is 0 Å². The number of amides is 1. The quantitative estimate of drug-likeness (QED) is 0.908. The van der Waals surface area contributed by atoms with Crippen LogP contribution in [0.15, 0.2) is 29.6 Å². The van der Waals surface area contributed by atoms with Gasteiger partial charge < -0.3 is 10.1 Å². The first-order valence-corrected chi connectivity index (χ1v) is 7.03. The van der Waals surface area contributed by atoms with Gasteiger partial charge in [0.2, 0.25) is 5.91 Å². The van der Waals surface area contributed by atoms with Crippen LogP contribution in [0.1, 0.15) is 20.3 Å². The molecule has 0 aliphatic rings. The van der Waals surface area contributed by atoms with Crippen LogP contribution >= 0.6 is 11.3 Å². The molecule has 2 aromatic rings. The number of carbonyl (C=O) groups excluding carboxylic acids is 1. The third kappa shape index (κ3) is 3.79. The molecule has 5 heteroatoms. The minimum Gasteiger partial charge on any atom is -0.494 e. The molecule has 1 aromatic heterocycles. The first-order valence-electron chi connectivity index (χ1n) is 6.15. The molecule has 0 saturated carbocycles. The highest BCUT2D eigenvalue weighted by Crippen LogP contribution is 2.26. The largest absolute Gasteiger partial charge is 0.494 e. The molecule has 0 aliphatic carbocycles. The number of carbonyl (C=O) groups is 1. The van der Waals surface area contributed by atoms with Gasteiger partial charge in [-0.15, -0.1) is 11.3 Å². The molecule has 0 aliphatic heterocycles. The minimum atomic E-state index is -0.107. The zero-order valence-corrected chi connectivity index (χ0v) is 11.8. The van der Waals surface area contributed by atoms with E-state index in [1.165, 1.54) is 18.3 Å². The van der Waals surface area contributed by atoms with E-state index >= 15 is 0 Å². The van der Waals surface area contributed by atoms with Gasteiger partial charge in [-0.2, -0.15) is 0 Å². The second kappa shape index (κ2) is 6.33. The SMILES string of the molecule is CCCOc1ccc(-c2csc(NC(C)=O)n2)cc1. The third-order valence-electron chi connectivity index (χ3n) is 2.41. The molecular weight excluding hydrogens is 260 g/mol. The molecule has 1 amide bonds. The minimum absolute atomic E-state index is 0.107.